The largest absolute Gasteiger partial charge is 0.331 e. The highest BCUT2D eigenvalue weighted by Crippen LogP contribution is 2.24. The number of urea groups is 1. The van der Waals surface area contributed by atoms with Gasteiger partial charge in [-0.2, -0.15) is 0 Å². The molecule has 0 bridgehead atoms. The minimum Gasteiger partial charge on any atom is -0.331 e. The zero-order valence-corrected chi connectivity index (χ0v) is 17.1. The van der Waals surface area contributed by atoms with E-state index in [0.717, 1.165) is 49.6 Å². The van der Waals surface area contributed by atoms with Crippen LogP contribution in [0.2, 0.25) is 0 Å². The summed E-state index contributed by atoms with van der Waals surface area (Å²) in [6.07, 6.45) is 5.94. The van der Waals surface area contributed by atoms with Gasteiger partial charge in [-0.3, -0.25) is 0 Å². The van der Waals surface area contributed by atoms with Crippen LogP contribution in [0.1, 0.15) is 24.0 Å². The van der Waals surface area contributed by atoms with Crippen LogP contribution < -0.4 is 5.32 Å². The normalized spacial score (nSPS) is 14.8. The zero-order chi connectivity index (χ0) is 20.2. The summed E-state index contributed by atoms with van der Waals surface area (Å²) in [5, 5.41) is 3.04. The van der Waals surface area contributed by atoms with Crippen LogP contribution in [0.3, 0.4) is 0 Å². The first kappa shape index (κ1) is 19.2. The number of aryl methyl sites for hydroxylation is 2. The molecule has 0 radical (unpaired) electrons. The van der Waals surface area contributed by atoms with E-state index in [4.69, 9.17) is 0 Å². The molecule has 2 amide bonds. The predicted octanol–water partition coefficient (Wildman–Crippen LogP) is 5.11. The number of likely N-dealkylation sites (tertiary alicyclic amines) is 1. The maximum Gasteiger partial charge on any atom is 0.321 e. The monoisotopic (exact) mass is 388 g/mol. The number of nitrogens with zero attached hydrogens (tertiary/aromatic N) is 3. The van der Waals surface area contributed by atoms with Crippen molar-refractivity contribution in [1.29, 1.82) is 0 Å². The molecule has 2 aromatic carbocycles. The molecular formula is C24H28N4O. The minimum absolute atomic E-state index is 0.000640. The van der Waals surface area contributed by atoms with Gasteiger partial charge in [-0.05, 0) is 55.9 Å². The van der Waals surface area contributed by atoms with E-state index in [2.05, 4.69) is 47.0 Å². The Kier molecular flexibility index (Phi) is 5.65. The summed E-state index contributed by atoms with van der Waals surface area (Å²) in [5.74, 6) is 1.57. The molecule has 0 atom stereocenters. The van der Waals surface area contributed by atoms with Gasteiger partial charge in [-0.1, -0.05) is 36.4 Å². The van der Waals surface area contributed by atoms with E-state index in [9.17, 15) is 4.79 Å². The van der Waals surface area contributed by atoms with Crippen molar-refractivity contribution in [3.63, 3.8) is 0 Å². The maximum atomic E-state index is 12.6. The van der Waals surface area contributed by atoms with E-state index in [0.29, 0.717) is 5.92 Å². The zero-order valence-electron chi connectivity index (χ0n) is 17.1. The third-order valence-corrected chi connectivity index (χ3v) is 5.86. The summed E-state index contributed by atoms with van der Waals surface area (Å²) in [7, 11) is 0. The number of aromatic nitrogens is 2. The highest BCUT2D eigenvalue weighted by atomic mass is 16.2. The van der Waals surface area contributed by atoms with Crippen LogP contribution in [0.25, 0.3) is 11.4 Å². The van der Waals surface area contributed by atoms with Crippen LogP contribution in [0, 0.1) is 19.8 Å². The van der Waals surface area contributed by atoms with Crippen LogP contribution in [-0.2, 0) is 6.54 Å². The van der Waals surface area contributed by atoms with Crippen LogP contribution in [0.15, 0.2) is 60.9 Å². The van der Waals surface area contributed by atoms with E-state index >= 15 is 0 Å². The molecule has 0 saturated carbocycles. The van der Waals surface area contributed by atoms with Crippen molar-refractivity contribution in [3.8, 4) is 11.4 Å². The molecule has 1 aliphatic heterocycles. The van der Waals surface area contributed by atoms with Gasteiger partial charge in [0.25, 0.3) is 0 Å². The van der Waals surface area contributed by atoms with E-state index in [1.165, 1.54) is 11.1 Å². The first-order chi connectivity index (χ1) is 14.1. The highest BCUT2D eigenvalue weighted by Gasteiger charge is 2.24. The summed E-state index contributed by atoms with van der Waals surface area (Å²) in [4.78, 5) is 19.1. The number of carbonyl (C=O) groups excluding carboxylic acids is 1. The fraction of sp³-hybridized carbons (Fsp3) is 0.333. The number of piperidine rings is 1. The van der Waals surface area contributed by atoms with Gasteiger partial charge in [-0.15, -0.1) is 0 Å². The lowest BCUT2D eigenvalue weighted by molar-refractivity contribution is 0.177. The highest BCUT2D eigenvalue weighted by molar-refractivity contribution is 5.89. The van der Waals surface area contributed by atoms with Gasteiger partial charge >= 0.3 is 6.03 Å². The molecule has 150 valence electrons. The average molecular weight is 389 g/mol. The van der Waals surface area contributed by atoms with Crippen molar-refractivity contribution < 1.29 is 4.79 Å². The summed E-state index contributed by atoms with van der Waals surface area (Å²) < 4.78 is 2.24. The summed E-state index contributed by atoms with van der Waals surface area (Å²) >= 11 is 0. The Morgan fingerprint density at radius 2 is 1.83 bits per heavy atom. The Hall–Kier alpha value is -3.08. The number of rotatable bonds is 4. The van der Waals surface area contributed by atoms with Gasteiger partial charge in [-0.25, -0.2) is 9.78 Å². The Labute approximate surface area is 172 Å². The van der Waals surface area contributed by atoms with Crippen molar-refractivity contribution in [1.82, 2.24) is 14.5 Å². The number of amides is 2. The molecule has 5 heteroatoms. The summed E-state index contributed by atoms with van der Waals surface area (Å²) in [6.45, 7) is 6.66. The van der Waals surface area contributed by atoms with Crippen molar-refractivity contribution >= 4 is 11.7 Å². The molecule has 1 fully saturated rings. The standard InChI is InChI=1S/C24H28N4O/c1-18-8-9-22(16-19(18)2)26-24(29)27-13-10-20(11-14-27)17-28-15-12-25-23(28)21-6-4-3-5-7-21/h3-9,12,15-16,20H,10-11,13-14,17H2,1-2H3,(H,26,29). The summed E-state index contributed by atoms with van der Waals surface area (Å²) in [5.41, 5.74) is 4.43. The number of hydrogen-bond acceptors (Lipinski definition) is 2. The third-order valence-electron chi connectivity index (χ3n) is 5.86. The molecular weight excluding hydrogens is 360 g/mol. The van der Waals surface area contributed by atoms with Gasteiger partial charge in [0.05, 0.1) is 0 Å². The van der Waals surface area contributed by atoms with Crippen LogP contribution in [-0.4, -0.2) is 33.6 Å². The molecule has 5 nitrogen and oxygen atoms in total. The fourth-order valence-electron chi connectivity index (χ4n) is 3.92. The van der Waals surface area contributed by atoms with E-state index in [-0.39, 0.29) is 6.03 Å². The molecule has 0 spiro atoms. The van der Waals surface area contributed by atoms with Gasteiger partial charge < -0.3 is 14.8 Å². The van der Waals surface area contributed by atoms with Crippen molar-refractivity contribution in [2.75, 3.05) is 18.4 Å². The third kappa shape index (κ3) is 4.50. The first-order valence-electron chi connectivity index (χ1n) is 10.3. The fourth-order valence-corrected chi connectivity index (χ4v) is 3.92. The van der Waals surface area contributed by atoms with Crippen molar-refractivity contribution in [2.24, 2.45) is 5.92 Å². The van der Waals surface area contributed by atoms with E-state index in [1.54, 1.807) is 0 Å². The first-order valence-corrected chi connectivity index (χ1v) is 10.3. The number of hydrogen-bond donors (Lipinski definition) is 1. The molecule has 1 aliphatic rings. The number of imidazole rings is 1. The van der Waals surface area contributed by atoms with Crippen molar-refractivity contribution in [2.45, 2.75) is 33.2 Å². The molecule has 1 saturated heterocycles. The number of carbonyl (C=O) groups is 1. The van der Waals surface area contributed by atoms with Crippen molar-refractivity contribution in [3.05, 3.63) is 72.1 Å². The Morgan fingerprint density at radius 3 is 2.55 bits per heavy atom. The van der Waals surface area contributed by atoms with E-state index < -0.39 is 0 Å². The Bertz CT molecular complexity index is 972. The maximum absolute atomic E-state index is 12.6. The quantitative estimate of drug-likeness (QED) is 0.675. The second-order valence-corrected chi connectivity index (χ2v) is 7.93. The lowest BCUT2D eigenvalue weighted by Crippen LogP contribution is -2.41. The molecule has 2 heterocycles. The van der Waals surface area contributed by atoms with Gasteiger partial charge in [0.1, 0.15) is 5.82 Å². The smallest absolute Gasteiger partial charge is 0.321 e. The van der Waals surface area contributed by atoms with Gasteiger partial charge in [0, 0.05) is 43.3 Å². The Balaban J connectivity index is 1.32. The van der Waals surface area contributed by atoms with Crippen LogP contribution in [0.5, 0.6) is 0 Å². The predicted molar refractivity (Wildman–Crippen MR) is 117 cm³/mol. The molecule has 3 aromatic rings. The molecule has 1 aromatic heterocycles. The van der Waals surface area contributed by atoms with E-state index in [1.807, 2.05) is 47.5 Å². The summed E-state index contributed by atoms with van der Waals surface area (Å²) in [6, 6.07) is 16.3. The van der Waals surface area contributed by atoms with Gasteiger partial charge in [0.2, 0.25) is 0 Å². The number of benzene rings is 2. The molecule has 4 rings (SSSR count). The lowest BCUT2D eigenvalue weighted by atomic mass is 9.96. The molecule has 0 unspecified atom stereocenters. The minimum atomic E-state index is -0.000640. The topological polar surface area (TPSA) is 50.2 Å². The van der Waals surface area contributed by atoms with Crippen LogP contribution >= 0.6 is 0 Å². The molecule has 1 N–H and O–H groups in total. The lowest BCUT2D eigenvalue weighted by Gasteiger charge is -2.32. The molecule has 0 aliphatic carbocycles. The SMILES string of the molecule is Cc1ccc(NC(=O)N2CCC(Cn3ccnc3-c3ccccc3)CC2)cc1C. The molecule has 29 heavy (non-hydrogen) atoms. The second-order valence-electron chi connectivity index (χ2n) is 7.93. The number of anilines is 1. The Morgan fingerprint density at radius 1 is 1.07 bits per heavy atom. The van der Waals surface area contributed by atoms with Crippen LogP contribution in [0.4, 0.5) is 10.5 Å². The number of nitrogens with one attached hydrogen (secondary N) is 1. The average Bonchev–Trinajstić information content (AvgIpc) is 3.20. The van der Waals surface area contributed by atoms with Gasteiger partial charge in [0.15, 0.2) is 0 Å². The second kappa shape index (κ2) is 8.52.